The normalized spacial score (nSPS) is 10.4. The number of rotatable bonds is 6. The first-order valence-corrected chi connectivity index (χ1v) is 7.28. The smallest absolute Gasteiger partial charge is 0.0722 e. The summed E-state index contributed by atoms with van der Waals surface area (Å²) in [4.78, 5) is 0. The zero-order valence-electron chi connectivity index (χ0n) is 11.6. The van der Waals surface area contributed by atoms with Gasteiger partial charge in [-0.2, -0.15) is 0 Å². The van der Waals surface area contributed by atoms with Crippen molar-refractivity contribution >= 4 is 34.3 Å². The van der Waals surface area contributed by atoms with E-state index in [1.807, 2.05) is 48.5 Å². The van der Waals surface area contributed by atoms with Crippen LogP contribution in [0.5, 0.6) is 0 Å². The first kappa shape index (κ1) is 15.8. The number of hydrogen-bond donors (Lipinski definition) is 0. The summed E-state index contributed by atoms with van der Waals surface area (Å²) in [5, 5.41) is 1.35. The molecule has 0 N–H and O–H groups in total. The predicted molar refractivity (Wildman–Crippen MR) is 91.8 cm³/mol. The molecule has 2 aromatic rings. The zero-order chi connectivity index (χ0) is 15.2. The molecule has 0 bridgehead atoms. The van der Waals surface area contributed by atoms with E-state index in [1.54, 1.807) is 0 Å². The van der Waals surface area contributed by atoms with Crippen LogP contribution in [0.25, 0.3) is 11.1 Å². The van der Waals surface area contributed by atoms with Gasteiger partial charge in [-0.25, -0.2) is 0 Å². The summed E-state index contributed by atoms with van der Waals surface area (Å²) in [5.74, 6) is 0. The summed E-state index contributed by atoms with van der Waals surface area (Å²) < 4.78 is 5.66. The molecule has 21 heavy (non-hydrogen) atoms. The van der Waals surface area contributed by atoms with Crippen molar-refractivity contribution in [3.63, 3.8) is 0 Å². The van der Waals surface area contributed by atoms with Crippen LogP contribution < -0.4 is 0 Å². The summed E-state index contributed by atoms with van der Waals surface area (Å²) in [5.41, 5.74) is 3.49. The third-order valence-electron chi connectivity index (χ3n) is 3.06. The van der Waals surface area contributed by atoms with E-state index >= 15 is 0 Å². The minimum absolute atomic E-state index is 0.396. The Morgan fingerprint density at radius 1 is 0.762 bits per heavy atom. The van der Waals surface area contributed by atoms with Crippen LogP contribution >= 0.6 is 23.2 Å². The van der Waals surface area contributed by atoms with Crippen molar-refractivity contribution in [2.24, 2.45) is 0 Å². The molecular formula is C18H16Cl2O. The van der Waals surface area contributed by atoms with Gasteiger partial charge in [0.1, 0.15) is 0 Å². The Balaban J connectivity index is 1.90. The lowest BCUT2D eigenvalue weighted by Gasteiger charge is -2.11. The maximum atomic E-state index is 6.13. The average Bonchev–Trinajstić information content (AvgIpc) is 2.48. The van der Waals surface area contributed by atoms with Crippen LogP contribution in [0.4, 0.5) is 0 Å². The molecule has 0 saturated heterocycles. The molecule has 0 aromatic heterocycles. The van der Waals surface area contributed by atoms with Gasteiger partial charge in [0, 0.05) is 10.0 Å². The van der Waals surface area contributed by atoms with Gasteiger partial charge < -0.3 is 4.74 Å². The first-order chi connectivity index (χ1) is 10.1. The van der Waals surface area contributed by atoms with Gasteiger partial charge in [-0.3, -0.25) is 0 Å². The van der Waals surface area contributed by atoms with Crippen LogP contribution in [0.3, 0.4) is 0 Å². The second-order valence-corrected chi connectivity index (χ2v) is 5.47. The van der Waals surface area contributed by atoms with E-state index in [0.717, 1.165) is 22.3 Å². The van der Waals surface area contributed by atoms with Gasteiger partial charge in [0.05, 0.1) is 13.2 Å². The highest BCUT2D eigenvalue weighted by Crippen LogP contribution is 2.24. The van der Waals surface area contributed by atoms with E-state index in [4.69, 9.17) is 27.9 Å². The van der Waals surface area contributed by atoms with E-state index in [9.17, 15) is 0 Å². The summed E-state index contributed by atoms with van der Waals surface area (Å²) in [6.07, 6.45) is 0. The fourth-order valence-corrected chi connectivity index (χ4v) is 2.49. The molecule has 0 heterocycles. The Hall–Kier alpha value is -1.54. The maximum Gasteiger partial charge on any atom is 0.0722 e. The third-order valence-corrected chi connectivity index (χ3v) is 3.72. The molecule has 3 heteroatoms. The molecule has 0 aliphatic rings. The molecule has 0 saturated carbocycles. The highest BCUT2D eigenvalue weighted by Gasteiger charge is 2.06. The second kappa shape index (κ2) is 7.46. The number of halogens is 2. The number of hydrogen-bond acceptors (Lipinski definition) is 1. The van der Waals surface area contributed by atoms with E-state index in [0.29, 0.717) is 23.3 Å². The summed E-state index contributed by atoms with van der Waals surface area (Å²) in [7, 11) is 0. The third kappa shape index (κ3) is 4.21. The van der Waals surface area contributed by atoms with Gasteiger partial charge in [-0.15, -0.1) is 0 Å². The monoisotopic (exact) mass is 318 g/mol. The molecule has 0 aliphatic carbocycles. The van der Waals surface area contributed by atoms with Crippen molar-refractivity contribution in [2.75, 3.05) is 13.2 Å². The van der Waals surface area contributed by atoms with Gasteiger partial charge in [0.15, 0.2) is 0 Å². The van der Waals surface area contributed by atoms with Crippen molar-refractivity contribution in [1.82, 2.24) is 0 Å². The molecule has 2 aromatic carbocycles. The molecule has 0 fully saturated rings. The lowest BCUT2D eigenvalue weighted by atomic mass is 10.1. The van der Waals surface area contributed by atoms with Gasteiger partial charge in [0.25, 0.3) is 0 Å². The van der Waals surface area contributed by atoms with E-state index in [2.05, 4.69) is 13.2 Å². The van der Waals surface area contributed by atoms with Crippen LogP contribution in [0.15, 0.2) is 61.7 Å². The Morgan fingerprint density at radius 3 is 1.52 bits per heavy atom. The fraction of sp³-hybridized carbons (Fsp3) is 0.111. The topological polar surface area (TPSA) is 9.23 Å². The van der Waals surface area contributed by atoms with E-state index in [1.165, 1.54) is 0 Å². The highest BCUT2D eigenvalue weighted by atomic mass is 35.5. The average molecular weight is 319 g/mol. The lowest BCUT2D eigenvalue weighted by Crippen LogP contribution is -2.01. The molecule has 1 nitrogen and oxygen atoms in total. The first-order valence-electron chi connectivity index (χ1n) is 6.52. The number of benzene rings is 2. The zero-order valence-corrected chi connectivity index (χ0v) is 13.1. The Kier molecular flexibility index (Phi) is 5.63. The fourth-order valence-electron chi connectivity index (χ4n) is 1.95. The van der Waals surface area contributed by atoms with Crippen LogP contribution in [-0.2, 0) is 4.74 Å². The second-order valence-electron chi connectivity index (χ2n) is 4.66. The molecule has 108 valence electrons. The van der Waals surface area contributed by atoms with Crippen LogP contribution in [0.2, 0.25) is 10.0 Å². The standard InChI is InChI=1S/C18H16Cl2O/c1-13(15-7-3-5-9-17(15)19)11-21-12-14(2)16-8-4-6-10-18(16)20/h3-10H,1-2,11-12H2. The van der Waals surface area contributed by atoms with Crippen molar-refractivity contribution in [2.45, 2.75) is 0 Å². The molecule has 0 amide bonds. The van der Waals surface area contributed by atoms with Crippen LogP contribution in [0, 0.1) is 0 Å². The van der Waals surface area contributed by atoms with Crippen molar-refractivity contribution in [3.8, 4) is 0 Å². The molecular weight excluding hydrogens is 303 g/mol. The van der Waals surface area contributed by atoms with E-state index in [-0.39, 0.29) is 0 Å². The van der Waals surface area contributed by atoms with Crippen LogP contribution in [0.1, 0.15) is 11.1 Å². The molecule has 0 aliphatic heterocycles. The minimum atomic E-state index is 0.396. The Bertz CT molecular complexity index is 604. The van der Waals surface area contributed by atoms with Gasteiger partial charge in [-0.05, 0) is 34.4 Å². The summed E-state index contributed by atoms with van der Waals surface area (Å²) in [6.45, 7) is 8.81. The van der Waals surface area contributed by atoms with Crippen molar-refractivity contribution in [3.05, 3.63) is 82.9 Å². The summed E-state index contributed by atoms with van der Waals surface area (Å²) in [6, 6.07) is 15.2. The Morgan fingerprint density at radius 2 is 1.14 bits per heavy atom. The highest BCUT2D eigenvalue weighted by molar-refractivity contribution is 6.32. The van der Waals surface area contributed by atoms with Gasteiger partial charge in [0.2, 0.25) is 0 Å². The molecule has 0 spiro atoms. The maximum absolute atomic E-state index is 6.13. The summed E-state index contributed by atoms with van der Waals surface area (Å²) >= 11 is 12.3. The largest absolute Gasteiger partial charge is 0.372 e. The lowest BCUT2D eigenvalue weighted by molar-refractivity contribution is 0.205. The predicted octanol–water partition coefficient (Wildman–Crippen LogP) is 5.74. The SMILES string of the molecule is C=C(COCC(=C)c1ccccc1Cl)c1ccccc1Cl. The van der Waals surface area contributed by atoms with Gasteiger partial charge >= 0.3 is 0 Å². The minimum Gasteiger partial charge on any atom is -0.372 e. The van der Waals surface area contributed by atoms with Crippen molar-refractivity contribution < 1.29 is 4.74 Å². The molecule has 0 unspecified atom stereocenters. The van der Waals surface area contributed by atoms with Gasteiger partial charge in [-0.1, -0.05) is 72.8 Å². The molecule has 2 rings (SSSR count). The molecule has 0 radical (unpaired) electrons. The van der Waals surface area contributed by atoms with Crippen molar-refractivity contribution in [1.29, 1.82) is 0 Å². The Labute approximate surface area is 135 Å². The number of ether oxygens (including phenoxy) is 1. The quantitative estimate of drug-likeness (QED) is 0.660. The van der Waals surface area contributed by atoms with Crippen LogP contribution in [-0.4, -0.2) is 13.2 Å². The molecule has 0 atom stereocenters. The van der Waals surface area contributed by atoms with E-state index < -0.39 is 0 Å².